The Balaban J connectivity index is 2.11. The summed E-state index contributed by atoms with van der Waals surface area (Å²) in [6, 6.07) is 14.0. The highest BCUT2D eigenvalue weighted by Crippen LogP contribution is 2.25. The zero-order valence-corrected chi connectivity index (χ0v) is 14.4. The number of carbonyl (C=O) groups is 1. The van der Waals surface area contributed by atoms with Gasteiger partial charge in [-0.1, -0.05) is 50.1 Å². The van der Waals surface area contributed by atoms with Gasteiger partial charge in [-0.05, 0) is 49.1 Å². The molecule has 0 unspecified atom stereocenters. The molecule has 0 radical (unpaired) electrons. The van der Waals surface area contributed by atoms with E-state index in [1.54, 1.807) is 0 Å². The largest absolute Gasteiger partial charge is 0.489 e. The molecule has 0 aromatic heterocycles. The average Bonchev–Trinajstić information content (AvgIpc) is 2.57. The Hall–Kier alpha value is -2.09. The minimum atomic E-state index is 0.214. The summed E-state index contributed by atoms with van der Waals surface area (Å²) in [6.45, 7) is 6.75. The second-order valence-corrected chi connectivity index (χ2v) is 6.07. The molecule has 2 rings (SSSR count). The highest BCUT2D eigenvalue weighted by atomic mass is 16.5. The molecule has 0 atom stereocenters. The van der Waals surface area contributed by atoms with E-state index in [0.717, 1.165) is 47.3 Å². The predicted octanol–water partition coefficient (Wildman–Crippen LogP) is 5.65. The van der Waals surface area contributed by atoms with Crippen molar-refractivity contribution in [2.45, 2.75) is 53.1 Å². The van der Waals surface area contributed by atoms with Crippen molar-refractivity contribution >= 4 is 5.78 Å². The van der Waals surface area contributed by atoms with Crippen LogP contribution in [0.4, 0.5) is 0 Å². The molecular weight excluding hydrogens is 284 g/mol. The minimum Gasteiger partial charge on any atom is -0.489 e. The van der Waals surface area contributed by atoms with Gasteiger partial charge in [-0.15, -0.1) is 0 Å². The summed E-state index contributed by atoms with van der Waals surface area (Å²) in [7, 11) is 0. The molecule has 2 aromatic rings. The number of hydrogen-bond acceptors (Lipinski definition) is 2. The third-order valence-corrected chi connectivity index (χ3v) is 4.19. The van der Waals surface area contributed by atoms with Gasteiger partial charge in [0.2, 0.25) is 0 Å². The normalized spacial score (nSPS) is 10.6. The van der Waals surface area contributed by atoms with Crippen LogP contribution in [-0.2, 0) is 6.61 Å². The Morgan fingerprint density at radius 1 is 1.04 bits per heavy atom. The highest BCUT2D eigenvalue weighted by molar-refractivity contribution is 5.96. The third kappa shape index (κ3) is 4.95. The van der Waals surface area contributed by atoms with Crippen molar-refractivity contribution in [1.82, 2.24) is 0 Å². The van der Waals surface area contributed by atoms with Gasteiger partial charge in [0.1, 0.15) is 12.4 Å². The molecule has 0 fully saturated rings. The zero-order valence-electron chi connectivity index (χ0n) is 14.4. The average molecular weight is 310 g/mol. The molecule has 0 aliphatic carbocycles. The van der Waals surface area contributed by atoms with Crippen LogP contribution in [0.15, 0.2) is 42.5 Å². The van der Waals surface area contributed by atoms with Gasteiger partial charge in [-0.3, -0.25) is 4.79 Å². The SMILES string of the molecule is CCCCCC(=O)c1cc(C)c(C)c(OCc2ccccc2)c1. The number of aryl methyl sites for hydroxylation is 1. The topological polar surface area (TPSA) is 26.3 Å². The molecule has 0 saturated carbocycles. The van der Waals surface area contributed by atoms with E-state index in [1.165, 1.54) is 0 Å². The zero-order chi connectivity index (χ0) is 16.7. The number of benzene rings is 2. The minimum absolute atomic E-state index is 0.214. The van der Waals surface area contributed by atoms with Crippen molar-refractivity contribution in [3.05, 3.63) is 64.7 Å². The van der Waals surface area contributed by atoms with Gasteiger partial charge >= 0.3 is 0 Å². The van der Waals surface area contributed by atoms with E-state index in [-0.39, 0.29) is 5.78 Å². The molecule has 0 aliphatic heterocycles. The van der Waals surface area contributed by atoms with Crippen LogP contribution in [0.3, 0.4) is 0 Å². The van der Waals surface area contributed by atoms with Gasteiger partial charge in [-0.2, -0.15) is 0 Å². The lowest BCUT2D eigenvalue weighted by Crippen LogP contribution is -2.04. The van der Waals surface area contributed by atoms with E-state index < -0.39 is 0 Å². The van der Waals surface area contributed by atoms with Crippen LogP contribution in [-0.4, -0.2) is 5.78 Å². The van der Waals surface area contributed by atoms with Crippen molar-refractivity contribution in [2.24, 2.45) is 0 Å². The molecule has 122 valence electrons. The summed E-state index contributed by atoms with van der Waals surface area (Å²) in [5.74, 6) is 1.03. The summed E-state index contributed by atoms with van der Waals surface area (Å²) in [4.78, 5) is 12.4. The highest BCUT2D eigenvalue weighted by Gasteiger charge is 2.11. The second-order valence-electron chi connectivity index (χ2n) is 6.07. The lowest BCUT2D eigenvalue weighted by atomic mass is 9.99. The number of hydrogen-bond donors (Lipinski definition) is 0. The van der Waals surface area contributed by atoms with Crippen LogP contribution >= 0.6 is 0 Å². The van der Waals surface area contributed by atoms with E-state index in [9.17, 15) is 4.79 Å². The number of Topliss-reactive ketones (excluding diaryl/α,β-unsaturated/α-hetero) is 1. The third-order valence-electron chi connectivity index (χ3n) is 4.19. The van der Waals surface area contributed by atoms with Gasteiger partial charge in [0.05, 0.1) is 0 Å². The molecule has 0 saturated heterocycles. The molecule has 2 aromatic carbocycles. The predicted molar refractivity (Wildman–Crippen MR) is 95.2 cm³/mol. The van der Waals surface area contributed by atoms with E-state index >= 15 is 0 Å². The Labute approximate surface area is 139 Å². The fourth-order valence-corrected chi connectivity index (χ4v) is 2.55. The van der Waals surface area contributed by atoms with E-state index in [1.807, 2.05) is 56.3 Å². The standard InChI is InChI=1S/C21H26O2/c1-4-5-7-12-20(22)19-13-16(2)17(3)21(14-19)23-15-18-10-8-6-9-11-18/h6,8-11,13-14H,4-5,7,12,15H2,1-3H3. The summed E-state index contributed by atoms with van der Waals surface area (Å²) in [5.41, 5.74) is 4.11. The number of carbonyl (C=O) groups excluding carboxylic acids is 1. The Morgan fingerprint density at radius 3 is 2.48 bits per heavy atom. The van der Waals surface area contributed by atoms with Crippen LogP contribution in [0, 0.1) is 13.8 Å². The number of unbranched alkanes of at least 4 members (excludes halogenated alkanes) is 2. The van der Waals surface area contributed by atoms with E-state index in [2.05, 4.69) is 6.92 Å². The molecule has 23 heavy (non-hydrogen) atoms. The van der Waals surface area contributed by atoms with Crippen molar-refractivity contribution in [2.75, 3.05) is 0 Å². The lowest BCUT2D eigenvalue weighted by Gasteiger charge is -2.13. The van der Waals surface area contributed by atoms with Crippen molar-refractivity contribution in [3.8, 4) is 5.75 Å². The molecule has 0 N–H and O–H groups in total. The first-order chi connectivity index (χ1) is 11.1. The van der Waals surface area contributed by atoms with Crippen LogP contribution < -0.4 is 4.74 Å². The van der Waals surface area contributed by atoms with Gasteiger partial charge in [-0.25, -0.2) is 0 Å². The quantitative estimate of drug-likeness (QED) is 0.465. The molecule has 0 heterocycles. The molecule has 2 heteroatoms. The maximum absolute atomic E-state index is 12.4. The van der Waals surface area contributed by atoms with Crippen molar-refractivity contribution in [1.29, 1.82) is 0 Å². The summed E-state index contributed by atoms with van der Waals surface area (Å²) in [6.07, 6.45) is 3.82. The molecule has 0 bridgehead atoms. The van der Waals surface area contributed by atoms with Gasteiger partial charge < -0.3 is 4.74 Å². The monoisotopic (exact) mass is 310 g/mol. The first-order valence-corrected chi connectivity index (χ1v) is 8.43. The first-order valence-electron chi connectivity index (χ1n) is 8.43. The first kappa shape index (κ1) is 17.3. The van der Waals surface area contributed by atoms with Crippen molar-refractivity contribution in [3.63, 3.8) is 0 Å². The molecule has 2 nitrogen and oxygen atoms in total. The Bertz CT molecular complexity index is 644. The van der Waals surface area contributed by atoms with Gasteiger partial charge in [0.25, 0.3) is 0 Å². The smallest absolute Gasteiger partial charge is 0.163 e. The summed E-state index contributed by atoms with van der Waals surface area (Å²) >= 11 is 0. The molecule has 0 spiro atoms. The Morgan fingerprint density at radius 2 is 1.78 bits per heavy atom. The van der Waals surface area contributed by atoms with Crippen LogP contribution in [0.5, 0.6) is 5.75 Å². The van der Waals surface area contributed by atoms with Crippen molar-refractivity contribution < 1.29 is 9.53 Å². The lowest BCUT2D eigenvalue weighted by molar-refractivity contribution is 0.0978. The fraction of sp³-hybridized carbons (Fsp3) is 0.381. The molecule has 0 aliphatic rings. The molecule has 0 amide bonds. The van der Waals surface area contributed by atoms with E-state index in [4.69, 9.17) is 4.74 Å². The Kier molecular flexibility index (Phi) is 6.40. The number of ether oxygens (including phenoxy) is 1. The maximum Gasteiger partial charge on any atom is 0.163 e. The van der Waals surface area contributed by atoms with Gasteiger partial charge in [0.15, 0.2) is 5.78 Å². The fourth-order valence-electron chi connectivity index (χ4n) is 2.55. The summed E-state index contributed by atoms with van der Waals surface area (Å²) < 4.78 is 5.97. The molecular formula is C21H26O2. The van der Waals surface area contributed by atoms with Crippen LogP contribution in [0.1, 0.15) is 59.7 Å². The van der Waals surface area contributed by atoms with Crippen LogP contribution in [0.25, 0.3) is 0 Å². The van der Waals surface area contributed by atoms with Gasteiger partial charge in [0, 0.05) is 12.0 Å². The summed E-state index contributed by atoms with van der Waals surface area (Å²) in [5, 5.41) is 0. The van der Waals surface area contributed by atoms with E-state index in [0.29, 0.717) is 13.0 Å². The number of ketones is 1. The number of rotatable bonds is 8. The second kappa shape index (κ2) is 8.52. The van der Waals surface area contributed by atoms with Crippen LogP contribution in [0.2, 0.25) is 0 Å². The maximum atomic E-state index is 12.4.